The van der Waals surface area contributed by atoms with Crippen molar-refractivity contribution in [3.8, 4) is 11.5 Å². The van der Waals surface area contributed by atoms with Gasteiger partial charge in [-0.3, -0.25) is 9.59 Å². The van der Waals surface area contributed by atoms with E-state index in [0.29, 0.717) is 35.4 Å². The third-order valence-corrected chi connectivity index (χ3v) is 8.34. The number of ether oxygens (including phenoxy) is 2. The number of amides is 2. The SMILES string of the molecule is COc1cccc(C(=O)NC2CC3CCCN(c4ccc(C(=O)Nc5ccc(OCCN(C)C)cc5)cn4)C3C2)c1C. The molecule has 0 bridgehead atoms. The van der Waals surface area contributed by atoms with Gasteiger partial charge in [0, 0.05) is 48.2 Å². The van der Waals surface area contributed by atoms with Crippen LogP contribution in [0.5, 0.6) is 11.5 Å². The van der Waals surface area contributed by atoms with Crippen LogP contribution in [-0.2, 0) is 0 Å². The quantitative estimate of drug-likeness (QED) is 0.362. The summed E-state index contributed by atoms with van der Waals surface area (Å²) in [7, 11) is 5.63. The van der Waals surface area contributed by atoms with Crippen LogP contribution >= 0.6 is 0 Å². The monoisotopic (exact) mass is 571 g/mol. The number of piperidine rings is 1. The molecule has 1 aliphatic heterocycles. The van der Waals surface area contributed by atoms with Crippen LogP contribution in [0.2, 0.25) is 0 Å². The molecule has 9 nitrogen and oxygen atoms in total. The first-order valence-corrected chi connectivity index (χ1v) is 14.7. The van der Waals surface area contributed by atoms with Crippen LogP contribution in [0, 0.1) is 12.8 Å². The molecule has 222 valence electrons. The molecule has 5 rings (SSSR count). The predicted octanol–water partition coefficient (Wildman–Crippen LogP) is 4.77. The average Bonchev–Trinajstić information content (AvgIpc) is 3.40. The van der Waals surface area contributed by atoms with Gasteiger partial charge in [-0.15, -0.1) is 0 Å². The summed E-state index contributed by atoms with van der Waals surface area (Å²) in [4.78, 5) is 35.1. The lowest BCUT2D eigenvalue weighted by Gasteiger charge is -2.38. The molecule has 1 saturated carbocycles. The second-order valence-electron chi connectivity index (χ2n) is 11.5. The fraction of sp³-hybridized carbons (Fsp3) is 0.424. The summed E-state index contributed by atoms with van der Waals surface area (Å²) < 4.78 is 11.1. The maximum Gasteiger partial charge on any atom is 0.257 e. The van der Waals surface area contributed by atoms with Gasteiger partial charge in [0.2, 0.25) is 0 Å². The lowest BCUT2D eigenvalue weighted by Crippen LogP contribution is -2.43. The van der Waals surface area contributed by atoms with Crippen molar-refractivity contribution < 1.29 is 19.1 Å². The summed E-state index contributed by atoms with van der Waals surface area (Å²) in [6, 6.07) is 17.1. The first-order chi connectivity index (χ1) is 20.3. The highest BCUT2D eigenvalue weighted by atomic mass is 16.5. The van der Waals surface area contributed by atoms with Gasteiger partial charge in [-0.2, -0.15) is 0 Å². The van der Waals surface area contributed by atoms with Crippen molar-refractivity contribution in [2.75, 3.05) is 51.1 Å². The highest BCUT2D eigenvalue weighted by Gasteiger charge is 2.41. The summed E-state index contributed by atoms with van der Waals surface area (Å²) in [5, 5.41) is 6.22. The molecule has 1 saturated heterocycles. The van der Waals surface area contributed by atoms with Gasteiger partial charge >= 0.3 is 0 Å². The van der Waals surface area contributed by atoms with Crippen LogP contribution in [0.15, 0.2) is 60.8 Å². The van der Waals surface area contributed by atoms with E-state index in [1.165, 1.54) is 0 Å². The third-order valence-electron chi connectivity index (χ3n) is 8.34. The lowest BCUT2D eigenvalue weighted by molar-refractivity contribution is 0.0935. The molecule has 2 aliphatic rings. The summed E-state index contributed by atoms with van der Waals surface area (Å²) in [6.45, 7) is 4.27. The summed E-state index contributed by atoms with van der Waals surface area (Å²) in [5.74, 6) is 2.59. The lowest BCUT2D eigenvalue weighted by atomic mass is 9.92. The van der Waals surface area contributed by atoms with Crippen LogP contribution in [0.3, 0.4) is 0 Å². The minimum Gasteiger partial charge on any atom is -0.496 e. The van der Waals surface area contributed by atoms with Crippen molar-refractivity contribution in [3.63, 3.8) is 0 Å². The third kappa shape index (κ3) is 6.85. The van der Waals surface area contributed by atoms with Crippen molar-refractivity contribution >= 4 is 23.3 Å². The predicted molar refractivity (Wildman–Crippen MR) is 165 cm³/mol. The molecule has 0 radical (unpaired) electrons. The molecular formula is C33H41N5O4. The van der Waals surface area contributed by atoms with E-state index in [9.17, 15) is 9.59 Å². The number of anilines is 2. The number of pyridine rings is 1. The van der Waals surface area contributed by atoms with Gasteiger partial charge < -0.3 is 29.9 Å². The topological polar surface area (TPSA) is 96.0 Å². The number of aromatic nitrogens is 1. The van der Waals surface area contributed by atoms with E-state index < -0.39 is 0 Å². The van der Waals surface area contributed by atoms with Gasteiger partial charge in [0.25, 0.3) is 11.8 Å². The molecule has 1 aliphatic carbocycles. The number of nitrogens with zero attached hydrogens (tertiary/aromatic N) is 3. The molecule has 2 amide bonds. The standard InChI is InChI=1S/C33H41N5O4/c1-22-28(8-5-9-30(22)41-4)33(40)36-26-19-23-7-6-16-38(29(23)20-26)31-15-10-24(21-34-31)32(39)35-25-11-13-27(14-12-25)42-18-17-37(2)3/h5,8-15,21,23,26,29H,6-7,16-20H2,1-4H3,(H,35,39)(H,36,40). The maximum absolute atomic E-state index is 13.1. The van der Waals surface area contributed by atoms with Crippen molar-refractivity contribution in [2.24, 2.45) is 5.92 Å². The molecule has 3 unspecified atom stereocenters. The number of fused-ring (bicyclic) bond motifs is 1. The van der Waals surface area contributed by atoms with Crippen molar-refractivity contribution in [3.05, 3.63) is 77.5 Å². The van der Waals surface area contributed by atoms with Gasteiger partial charge in [-0.05, 0) is 101 Å². The summed E-state index contributed by atoms with van der Waals surface area (Å²) >= 11 is 0. The van der Waals surface area contributed by atoms with E-state index in [4.69, 9.17) is 14.5 Å². The van der Waals surface area contributed by atoms with Gasteiger partial charge in [0.1, 0.15) is 23.9 Å². The largest absolute Gasteiger partial charge is 0.496 e. The smallest absolute Gasteiger partial charge is 0.257 e. The molecule has 3 atom stereocenters. The Hall–Kier alpha value is -4.11. The molecule has 0 spiro atoms. The van der Waals surface area contributed by atoms with E-state index in [1.807, 2.05) is 75.6 Å². The zero-order chi connectivity index (χ0) is 29.6. The van der Waals surface area contributed by atoms with E-state index >= 15 is 0 Å². The number of methoxy groups -OCH3 is 1. The van der Waals surface area contributed by atoms with E-state index in [2.05, 4.69) is 20.4 Å². The Morgan fingerprint density at radius 3 is 2.57 bits per heavy atom. The molecule has 2 heterocycles. The molecule has 2 fully saturated rings. The Morgan fingerprint density at radius 2 is 1.86 bits per heavy atom. The molecule has 2 N–H and O–H groups in total. The minimum atomic E-state index is -0.205. The average molecular weight is 572 g/mol. The Morgan fingerprint density at radius 1 is 1.05 bits per heavy atom. The van der Waals surface area contributed by atoms with Crippen LogP contribution in [0.4, 0.5) is 11.5 Å². The van der Waals surface area contributed by atoms with E-state index in [0.717, 1.165) is 61.7 Å². The van der Waals surface area contributed by atoms with Gasteiger partial charge in [-0.25, -0.2) is 4.98 Å². The highest BCUT2D eigenvalue weighted by molar-refractivity contribution is 6.04. The molecular weight excluding hydrogens is 530 g/mol. The van der Waals surface area contributed by atoms with Crippen LogP contribution in [-0.4, -0.2) is 74.7 Å². The van der Waals surface area contributed by atoms with Gasteiger partial charge in [0.15, 0.2) is 0 Å². The Bertz CT molecular complexity index is 1380. The molecule has 42 heavy (non-hydrogen) atoms. The zero-order valence-corrected chi connectivity index (χ0v) is 24.9. The van der Waals surface area contributed by atoms with Gasteiger partial charge in [-0.1, -0.05) is 6.07 Å². The first-order valence-electron chi connectivity index (χ1n) is 14.7. The number of carbonyl (C=O) groups is 2. The second kappa shape index (κ2) is 13.2. The number of nitrogens with one attached hydrogen (secondary N) is 2. The normalized spacial score (nSPS) is 19.7. The van der Waals surface area contributed by atoms with Crippen molar-refractivity contribution in [1.29, 1.82) is 0 Å². The Kier molecular flexibility index (Phi) is 9.27. The maximum atomic E-state index is 13.1. The number of carbonyl (C=O) groups excluding carboxylic acids is 2. The number of likely N-dealkylation sites (N-methyl/N-ethyl adjacent to an activating group) is 1. The van der Waals surface area contributed by atoms with Crippen molar-refractivity contribution in [1.82, 2.24) is 15.2 Å². The van der Waals surface area contributed by atoms with Crippen LogP contribution < -0.4 is 25.0 Å². The second-order valence-corrected chi connectivity index (χ2v) is 11.5. The molecule has 1 aromatic heterocycles. The molecule has 3 aromatic rings. The number of rotatable bonds is 10. The van der Waals surface area contributed by atoms with Crippen molar-refractivity contribution in [2.45, 2.75) is 44.7 Å². The number of benzene rings is 2. The first kappa shape index (κ1) is 29.4. The van der Waals surface area contributed by atoms with Gasteiger partial charge in [0.05, 0.1) is 12.7 Å². The zero-order valence-electron chi connectivity index (χ0n) is 24.9. The summed E-state index contributed by atoms with van der Waals surface area (Å²) in [5.41, 5.74) is 2.71. The van der Waals surface area contributed by atoms with Crippen LogP contribution in [0.25, 0.3) is 0 Å². The minimum absolute atomic E-state index is 0.0541. The van der Waals surface area contributed by atoms with Crippen LogP contribution in [0.1, 0.15) is 52.0 Å². The molecule has 2 aromatic carbocycles. The molecule has 9 heteroatoms. The Balaban J connectivity index is 1.18. The highest BCUT2D eigenvalue weighted by Crippen LogP contribution is 2.39. The number of hydrogen-bond acceptors (Lipinski definition) is 7. The van der Waals surface area contributed by atoms with E-state index in [1.54, 1.807) is 13.3 Å². The summed E-state index contributed by atoms with van der Waals surface area (Å²) in [6.07, 6.45) is 5.70. The van der Waals surface area contributed by atoms with E-state index in [-0.39, 0.29) is 17.9 Å². The fourth-order valence-corrected chi connectivity index (χ4v) is 6.11. The number of hydrogen-bond donors (Lipinski definition) is 2. The fourth-order valence-electron chi connectivity index (χ4n) is 6.11. The Labute approximate surface area is 248 Å².